The molecule has 0 aliphatic carbocycles. The Morgan fingerprint density at radius 1 is 0.818 bits per heavy atom. The van der Waals surface area contributed by atoms with Gasteiger partial charge in [-0.1, -0.05) is 0 Å². The first-order valence-electron chi connectivity index (χ1n) is 4.97. The number of hydrogen-bond acceptors (Lipinski definition) is 1. The van der Waals surface area contributed by atoms with Gasteiger partial charge in [0.1, 0.15) is 0 Å². The van der Waals surface area contributed by atoms with E-state index in [1.165, 1.54) is 37.7 Å². The minimum absolute atomic E-state index is 1.25. The molecule has 0 bridgehead atoms. The van der Waals surface area contributed by atoms with Crippen LogP contribution in [0.1, 0.15) is 40.0 Å². The van der Waals surface area contributed by atoms with Gasteiger partial charge in [0.05, 0.1) is 0 Å². The van der Waals surface area contributed by atoms with Crippen LogP contribution in [0.3, 0.4) is 0 Å². The summed E-state index contributed by atoms with van der Waals surface area (Å²) in [5.41, 5.74) is 6.37. The van der Waals surface area contributed by atoms with Gasteiger partial charge < -0.3 is 0 Å². The quantitative estimate of drug-likeness (QED) is 0.620. The second kappa shape index (κ2) is 5.97. The van der Waals surface area contributed by atoms with Crippen molar-refractivity contribution in [3.63, 3.8) is 0 Å². The van der Waals surface area contributed by atoms with Gasteiger partial charge in [0.2, 0.25) is 0 Å². The molecule has 0 fully saturated rings. The molecule has 1 nitrogen and oxygen atoms in total. The molecule has 0 spiro atoms. The monoisotopic (exact) mass is 177 g/mol. The third kappa shape index (κ3) is 4.76. The number of rotatable bonds is 6. The van der Waals surface area contributed by atoms with Crippen molar-refractivity contribution in [1.29, 1.82) is 0 Å². The number of hydrogen-bond donors (Lipinski definition) is 1. The summed E-state index contributed by atoms with van der Waals surface area (Å²) in [5, 5.41) is 0. The summed E-state index contributed by atoms with van der Waals surface area (Å²) in [7, 11) is -1.25. The molecule has 0 aromatic heterocycles. The van der Waals surface area contributed by atoms with Gasteiger partial charge in [-0.15, -0.1) is 0 Å². The van der Waals surface area contributed by atoms with Gasteiger partial charge in [0.25, 0.3) is 0 Å². The molecule has 0 aliphatic rings. The molecular weight excluding hydrogens is 153 g/mol. The van der Waals surface area contributed by atoms with E-state index in [1.54, 1.807) is 0 Å². The normalized spacial score (nSPS) is 13.5. The molecule has 2 heteroatoms. The Kier molecular flexibility index (Phi) is 6.18. The average Bonchev–Trinajstić information content (AvgIpc) is 1.88. The molecule has 70 valence electrons. The van der Waals surface area contributed by atoms with Crippen molar-refractivity contribution < 1.29 is 0 Å². The Morgan fingerprint density at radius 2 is 1.09 bits per heavy atom. The Balaban J connectivity index is 3.79. The second-order valence-corrected chi connectivity index (χ2v) is 7.84. The third-order valence-corrected chi connectivity index (χ3v) is 6.73. The summed E-state index contributed by atoms with van der Waals surface area (Å²) in [5.74, 6) is 0. The van der Waals surface area contributed by atoms with E-state index >= 15 is 0 Å². The Labute approximate surface area is 72.1 Å². The van der Waals surface area contributed by atoms with Crippen LogP contribution >= 0.6 is 7.41 Å². The zero-order valence-corrected chi connectivity index (χ0v) is 9.32. The van der Waals surface area contributed by atoms with Crippen LogP contribution in [0.5, 0.6) is 0 Å². The molecule has 0 saturated carbocycles. The van der Waals surface area contributed by atoms with E-state index in [0.717, 1.165) is 0 Å². The Morgan fingerprint density at radius 3 is 1.27 bits per heavy atom. The summed E-state index contributed by atoms with van der Waals surface area (Å²) in [6.07, 6.45) is 7.83. The molecule has 0 radical (unpaired) electrons. The first-order valence-corrected chi connectivity index (χ1v) is 7.67. The zero-order chi connectivity index (χ0) is 8.74. The van der Waals surface area contributed by atoms with Crippen LogP contribution in [-0.2, 0) is 0 Å². The Bertz CT molecular complexity index is 76.5. The summed E-state index contributed by atoms with van der Waals surface area (Å²) in [4.78, 5) is 0. The summed E-state index contributed by atoms with van der Waals surface area (Å²) in [6.45, 7) is 6.75. The standard InChI is InChI=1S/C9H24NP/c1-4-7-11(10,8-5-2)9-6-3/h11H,4-10H2,1-3H3. The van der Waals surface area contributed by atoms with Gasteiger partial charge in [-0.25, -0.2) is 0 Å². The zero-order valence-electron chi connectivity index (χ0n) is 8.32. The topological polar surface area (TPSA) is 26.0 Å². The molecule has 0 heterocycles. The average molecular weight is 177 g/mol. The van der Waals surface area contributed by atoms with Crippen molar-refractivity contribution in [2.45, 2.75) is 40.0 Å². The van der Waals surface area contributed by atoms with E-state index < -0.39 is 7.41 Å². The second-order valence-electron chi connectivity index (χ2n) is 3.61. The summed E-state index contributed by atoms with van der Waals surface area (Å²) in [6, 6.07) is 0. The van der Waals surface area contributed by atoms with Crippen LogP contribution in [0.15, 0.2) is 0 Å². The first-order chi connectivity index (χ1) is 5.18. The minimum atomic E-state index is -1.25. The molecule has 0 saturated heterocycles. The number of nitrogens with two attached hydrogens (primary N) is 1. The van der Waals surface area contributed by atoms with Crippen molar-refractivity contribution in [2.75, 3.05) is 18.5 Å². The van der Waals surface area contributed by atoms with Crippen molar-refractivity contribution in [1.82, 2.24) is 0 Å². The van der Waals surface area contributed by atoms with Crippen LogP contribution < -0.4 is 5.50 Å². The third-order valence-electron chi connectivity index (χ3n) is 2.24. The Hall–Kier alpha value is 0.390. The summed E-state index contributed by atoms with van der Waals surface area (Å²) >= 11 is 0. The first kappa shape index (κ1) is 11.4. The van der Waals surface area contributed by atoms with Crippen molar-refractivity contribution in [2.24, 2.45) is 5.50 Å². The van der Waals surface area contributed by atoms with Crippen LogP contribution in [-0.4, -0.2) is 18.5 Å². The molecule has 0 aromatic rings. The van der Waals surface area contributed by atoms with E-state index in [1.807, 2.05) is 0 Å². The fraction of sp³-hybridized carbons (Fsp3) is 1.00. The molecule has 0 amide bonds. The van der Waals surface area contributed by atoms with Gasteiger partial charge in [0, 0.05) is 0 Å². The molecule has 11 heavy (non-hydrogen) atoms. The fourth-order valence-electron chi connectivity index (χ4n) is 1.87. The SMILES string of the molecule is CCC[PH](N)(CCC)CCC. The van der Waals surface area contributed by atoms with Gasteiger partial charge in [-0.3, -0.25) is 0 Å². The fourth-order valence-corrected chi connectivity index (χ4v) is 5.61. The maximum absolute atomic E-state index is 6.37. The van der Waals surface area contributed by atoms with Crippen LogP contribution in [0, 0.1) is 0 Å². The van der Waals surface area contributed by atoms with Crippen LogP contribution in [0.25, 0.3) is 0 Å². The molecule has 0 atom stereocenters. The van der Waals surface area contributed by atoms with Crippen molar-refractivity contribution >= 4 is 7.41 Å². The van der Waals surface area contributed by atoms with Gasteiger partial charge in [0.15, 0.2) is 0 Å². The van der Waals surface area contributed by atoms with E-state index in [-0.39, 0.29) is 0 Å². The van der Waals surface area contributed by atoms with Gasteiger partial charge in [-0.2, -0.15) is 0 Å². The predicted octanol–water partition coefficient (Wildman–Crippen LogP) is 2.84. The van der Waals surface area contributed by atoms with E-state index in [0.29, 0.717) is 0 Å². The molecular formula is C9H24NP. The van der Waals surface area contributed by atoms with Crippen molar-refractivity contribution in [3.05, 3.63) is 0 Å². The molecule has 0 aromatic carbocycles. The maximum atomic E-state index is 6.37. The van der Waals surface area contributed by atoms with Gasteiger partial charge in [-0.05, 0) is 0 Å². The van der Waals surface area contributed by atoms with Gasteiger partial charge >= 0.3 is 71.4 Å². The predicted molar refractivity (Wildman–Crippen MR) is 58.0 cm³/mol. The molecule has 2 N–H and O–H groups in total. The molecule has 0 aliphatic heterocycles. The van der Waals surface area contributed by atoms with E-state index in [9.17, 15) is 0 Å². The van der Waals surface area contributed by atoms with E-state index in [2.05, 4.69) is 20.8 Å². The van der Waals surface area contributed by atoms with Crippen LogP contribution in [0.4, 0.5) is 0 Å². The molecule has 0 rings (SSSR count). The molecule has 0 unspecified atom stereocenters. The summed E-state index contributed by atoms with van der Waals surface area (Å²) < 4.78 is 0. The van der Waals surface area contributed by atoms with Crippen LogP contribution in [0.2, 0.25) is 0 Å². The van der Waals surface area contributed by atoms with E-state index in [4.69, 9.17) is 5.50 Å². The van der Waals surface area contributed by atoms with Crippen molar-refractivity contribution in [3.8, 4) is 0 Å².